The van der Waals surface area contributed by atoms with Crippen molar-refractivity contribution < 1.29 is 19.0 Å². The first-order valence-corrected chi connectivity index (χ1v) is 7.69. The van der Waals surface area contributed by atoms with Crippen LogP contribution in [0.5, 0.6) is 11.5 Å². The molecule has 0 unspecified atom stereocenters. The van der Waals surface area contributed by atoms with Crippen molar-refractivity contribution in [3.63, 3.8) is 0 Å². The molecule has 2 N–H and O–H groups in total. The van der Waals surface area contributed by atoms with Crippen LogP contribution in [0.2, 0.25) is 0 Å². The highest BCUT2D eigenvalue weighted by Gasteiger charge is 2.14. The molecule has 0 atom stereocenters. The number of rotatable bonds is 8. The Balaban J connectivity index is 2.20. The Morgan fingerprint density at radius 2 is 1.92 bits per heavy atom. The van der Waals surface area contributed by atoms with E-state index >= 15 is 0 Å². The summed E-state index contributed by atoms with van der Waals surface area (Å²) in [6.07, 6.45) is 0. The minimum absolute atomic E-state index is 0.247. The van der Waals surface area contributed by atoms with Gasteiger partial charge in [-0.3, -0.25) is 4.79 Å². The summed E-state index contributed by atoms with van der Waals surface area (Å²) in [6.45, 7) is 2.84. The Labute approximate surface area is 146 Å². The van der Waals surface area contributed by atoms with Crippen LogP contribution < -0.4 is 20.1 Å². The highest BCUT2D eigenvalue weighted by atomic mass is 16.5. The van der Waals surface area contributed by atoms with E-state index in [0.717, 1.165) is 0 Å². The Kier molecular flexibility index (Phi) is 6.53. The predicted molar refractivity (Wildman–Crippen MR) is 94.6 cm³/mol. The first-order chi connectivity index (χ1) is 12.1. The Morgan fingerprint density at radius 3 is 2.60 bits per heavy atom. The molecule has 0 bridgehead atoms. The quantitative estimate of drug-likeness (QED) is 0.707. The standard InChI is InChI=1S/C17H22N4O4/c1-11-19-14(10-16(20-11)18-7-8-23-2)17(22)21-13-9-12(24-3)5-6-15(13)25-4/h5-6,9-10H,7-8H2,1-4H3,(H,21,22)(H,18,19,20). The summed E-state index contributed by atoms with van der Waals surface area (Å²) in [7, 11) is 4.70. The van der Waals surface area contributed by atoms with Crippen molar-refractivity contribution in [2.45, 2.75) is 6.92 Å². The molecule has 25 heavy (non-hydrogen) atoms. The summed E-state index contributed by atoms with van der Waals surface area (Å²) in [6, 6.07) is 6.74. The predicted octanol–water partition coefficient (Wildman–Crippen LogP) is 2.11. The van der Waals surface area contributed by atoms with E-state index in [1.807, 2.05) is 0 Å². The molecule has 1 heterocycles. The lowest BCUT2D eigenvalue weighted by molar-refractivity contribution is 0.102. The van der Waals surface area contributed by atoms with Crippen LogP contribution in [-0.4, -0.2) is 50.4 Å². The number of nitrogens with one attached hydrogen (secondary N) is 2. The fraction of sp³-hybridized carbons (Fsp3) is 0.353. The molecule has 0 radical (unpaired) electrons. The number of hydrogen-bond acceptors (Lipinski definition) is 7. The molecule has 134 valence electrons. The zero-order valence-electron chi connectivity index (χ0n) is 14.8. The normalized spacial score (nSPS) is 10.2. The number of hydrogen-bond donors (Lipinski definition) is 2. The second-order valence-corrected chi connectivity index (χ2v) is 5.13. The van der Waals surface area contributed by atoms with Crippen molar-refractivity contribution in [1.29, 1.82) is 0 Å². The van der Waals surface area contributed by atoms with Gasteiger partial charge < -0.3 is 24.8 Å². The molecule has 0 saturated heterocycles. The van der Waals surface area contributed by atoms with Crippen LogP contribution in [0.3, 0.4) is 0 Å². The maximum absolute atomic E-state index is 12.6. The number of anilines is 2. The number of methoxy groups -OCH3 is 3. The van der Waals surface area contributed by atoms with Crippen molar-refractivity contribution in [3.8, 4) is 11.5 Å². The van der Waals surface area contributed by atoms with Crippen LogP contribution in [0.1, 0.15) is 16.3 Å². The molecular formula is C17H22N4O4. The number of aromatic nitrogens is 2. The van der Waals surface area contributed by atoms with Crippen LogP contribution in [0, 0.1) is 6.92 Å². The van der Waals surface area contributed by atoms with Crippen LogP contribution in [0.25, 0.3) is 0 Å². The van der Waals surface area contributed by atoms with Gasteiger partial charge in [0.15, 0.2) is 0 Å². The number of amides is 1. The lowest BCUT2D eigenvalue weighted by Crippen LogP contribution is -2.17. The second-order valence-electron chi connectivity index (χ2n) is 5.13. The molecule has 1 amide bonds. The van der Waals surface area contributed by atoms with E-state index in [1.54, 1.807) is 45.4 Å². The van der Waals surface area contributed by atoms with E-state index in [9.17, 15) is 4.79 Å². The Morgan fingerprint density at radius 1 is 1.12 bits per heavy atom. The topological polar surface area (TPSA) is 94.6 Å². The van der Waals surface area contributed by atoms with E-state index in [4.69, 9.17) is 14.2 Å². The van der Waals surface area contributed by atoms with Gasteiger partial charge in [0, 0.05) is 25.8 Å². The molecule has 0 aliphatic heterocycles. The third-order valence-electron chi connectivity index (χ3n) is 3.34. The molecular weight excluding hydrogens is 324 g/mol. The first-order valence-electron chi connectivity index (χ1n) is 7.69. The zero-order valence-corrected chi connectivity index (χ0v) is 14.8. The number of aryl methyl sites for hydroxylation is 1. The van der Waals surface area contributed by atoms with Gasteiger partial charge in [0.2, 0.25) is 0 Å². The second kappa shape index (κ2) is 8.84. The van der Waals surface area contributed by atoms with E-state index in [1.165, 1.54) is 7.11 Å². The summed E-state index contributed by atoms with van der Waals surface area (Å²) >= 11 is 0. The van der Waals surface area contributed by atoms with E-state index in [-0.39, 0.29) is 11.6 Å². The number of nitrogens with zero attached hydrogens (tertiary/aromatic N) is 2. The van der Waals surface area contributed by atoms with Gasteiger partial charge in [0.25, 0.3) is 5.91 Å². The van der Waals surface area contributed by atoms with Crippen molar-refractivity contribution in [1.82, 2.24) is 9.97 Å². The molecule has 8 nitrogen and oxygen atoms in total. The van der Waals surface area contributed by atoms with Crippen molar-refractivity contribution in [2.24, 2.45) is 0 Å². The molecule has 0 saturated carbocycles. The van der Waals surface area contributed by atoms with Crippen LogP contribution in [0.4, 0.5) is 11.5 Å². The smallest absolute Gasteiger partial charge is 0.274 e. The SMILES string of the molecule is COCCNc1cc(C(=O)Nc2cc(OC)ccc2OC)nc(C)n1. The third-order valence-corrected chi connectivity index (χ3v) is 3.34. The summed E-state index contributed by atoms with van der Waals surface area (Å²) in [5, 5.41) is 5.87. The first kappa shape index (κ1) is 18.5. The summed E-state index contributed by atoms with van der Waals surface area (Å²) in [5.74, 6) is 1.82. The summed E-state index contributed by atoms with van der Waals surface area (Å²) < 4.78 is 15.4. The van der Waals surface area contributed by atoms with Crippen molar-refractivity contribution in [2.75, 3.05) is 45.1 Å². The molecule has 0 fully saturated rings. The largest absolute Gasteiger partial charge is 0.497 e. The monoisotopic (exact) mass is 346 g/mol. The Hall–Kier alpha value is -2.87. The van der Waals surface area contributed by atoms with Gasteiger partial charge in [-0.2, -0.15) is 0 Å². The number of carbonyl (C=O) groups is 1. The maximum atomic E-state index is 12.6. The number of ether oxygens (including phenoxy) is 3. The molecule has 2 aromatic rings. The van der Waals surface area contributed by atoms with Gasteiger partial charge in [-0.25, -0.2) is 9.97 Å². The fourth-order valence-corrected chi connectivity index (χ4v) is 2.15. The van der Waals surface area contributed by atoms with Gasteiger partial charge in [-0.15, -0.1) is 0 Å². The van der Waals surface area contributed by atoms with Gasteiger partial charge in [-0.1, -0.05) is 0 Å². The minimum atomic E-state index is -0.369. The summed E-state index contributed by atoms with van der Waals surface area (Å²) in [5.41, 5.74) is 0.745. The molecule has 1 aromatic carbocycles. The average molecular weight is 346 g/mol. The van der Waals surface area contributed by atoms with Crippen LogP contribution in [-0.2, 0) is 4.74 Å². The molecule has 0 aliphatic rings. The van der Waals surface area contributed by atoms with Gasteiger partial charge in [0.05, 0.1) is 26.5 Å². The maximum Gasteiger partial charge on any atom is 0.274 e. The zero-order chi connectivity index (χ0) is 18.2. The number of benzene rings is 1. The van der Waals surface area contributed by atoms with E-state index in [2.05, 4.69) is 20.6 Å². The lowest BCUT2D eigenvalue weighted by Gasteiger charge is -2.12. The molecule has 1 aromatic heterocycles. The minimum Gasteiger partial charge on any atom is -0.497 e. The van der Waals surface area contributed by atoms with E-state index < -0.39 is 0 Å². The van der Waals surface area contributed by atoms with E-state index in [0.29, 0.717) is 42.0 Å². The molecule has 8 heteroatoms. The van der Waals surface area contributed by atoms with Crippen LogP contribution >= 0.6 is 0 Å². The highest BCUT2D eigenvalue weighted by Crippen LogP contribution is 2.29. The van der Waals surface area contributed by atoms with Crippen molar-refractivity contribution >= 4 is 17.4 Å². The van der Waals surface area contributed by atoms with Crippen LogP contribution in [0.15, 0.2) is 24.3 Å². The lowest BCUT2D eigenvalue weighted by atomic mass is 10.2. The van der Waals surface area contributed by atoms with Gasteiger partial charge in [0.1, 0.15) is 28.8 Å². The number of carbonyl (C=O) groups excluding carboxylic acids is 1. The highest BCUT2D eigenvalue weighted by molar-refractivity contribution is 6.04. The third kappa shape index (κ3) is 5.05. The Bertz CT molecular complexity index is 737. The van der Waals surface area contributed by atoms with Gasteiger partial charge >= 0.3 is 0 Å². The van der Waals surface area contributed by atoms with Crippen molar-refractivity contribution in [3.05, 3.63) is 35.8 Å². The molecule has 0 aliphatic carbocycles. The summed E-state index contributed by atoms with van der Waals surface area (Å²) in [4.78, 5) is 21.0. The van der Waals surface area contributed by atoms with Gasteiger partial charge in [-0.05, 0) is 19.1 Å². The molecule has 2 rings (SSSR count). The fourth-order valence-electron chi connectivity index (χ4n) is 2.15. The average Bonchev–Trinajstić information content (AvgIpc) is 2.61. The molecule has 0 spiro atoms.